The number of carbonyl (C=O) groups is 1. The smallest absolute Gasteiger partial charge is 0.273 e. The third-order valence-corrected chi connectivity index (χ3v) is 7.32. The van der Waals surface area contributed by atoms with Gasteiger partial charge in [-0.1, -0.05) is 5.16 Å². The van der Waals surface area contributed by atoms with Gasteiger partial charge in [0.15, 0.2) is 5.71 Å². The standard InChI is InChI=1S/C18H23N3O3/c19-8-13-2-12-3-14(12)21(13)16(22)15(20-24)17-4-10-1-11(5-17)7-18(23,6-10)9-17/h10-14,23-24H,1-7,9H2/t10-,11+,12-,13+,14+,17?,18?/m1/s1. The van der Waals surface area contributed by atoms with Gasteiger partial charge in [0.2, 0.25) is 0 Å². The van der Waals surface area contributed by atoms with Gasteiger partial charge in [0, 0.05) is 11.5 Å². The summed E-state index contributed by atoms with van der Waals surface area (Å²) >= 11 is 0. The van der Waals surface area contributed by atoms with E-state index < -0.39 is 17.1 Å². The Balaban J connectivity index is 1.49. The number of rotatable bonds is 2. The Hall–Kier alpha value is -1.61. The number of aliphatic hydroxyl groups is 1. The Bertz CT molecular complexity index is 667. The summed E-state index contributed by atoms with van der Waals surface area (Å²) in [6.45, 7) is 0. The highest BCUT2D eigenvalue weighted by molar-refractivity contribution is 6.41. The topological polar surface area (TPSA) is 96.9 Å². The maximum Gasteiger partial charge on any atom is 0.273 e. The Labute approximate surface area is 141 Å². The summed E-state index contributed by atoms with van der Waals surface area (Å²) in [7, 11) is 0. The van der Waals surface area contributed by atoms with Crippen molar-refractivity contribution < 1.29 is 15.1 Å². The van der Waals surface area contributed by atoms with Crippen molar-refractivity contribution in [1.82, 2.24) is 4.90 Å². The second kappa shape index (κ2) is 4.51. The quantitative estimate of drug-likeness (QED) is 0.457. The fraction of sp³-hybridized carbons (Fsp3) is 0.833. The first-order chi connectivity index (χ1) is 11.5. The fourth-order valence-electron chi connectivity index (χ4n) is 6.85. The van der Waals surface area contributed by atoms with Crippen LogP contribution in [0.2, 0.25) is 0 Å². The van der Waals surface area contributed by atoms with Crippen LogP contribution in [0.1, 0.15) is 51.4 Å². The van der Waals surface area contributed by atoms with Crippen LogP contribution >= 0.6 is 0 Å². The lowest BCUT2D eigenvalue weighted by Crippen LogP contribution is -2.61. The van der Waals surface area contributed by atoms with Crippen LogP contribution in [0.4, 0.5) is 0 Å². The highest BCUT2D eigenvalue weighted by Gasteiger charge is 2.62. The van der Waals surface area contributed by atoms with Crippen molar-refractivity contribution >= 4 is 11.6 Å². The summed E-state index contributed by atoms with van der Waals surface area (Å²) < 4.78 is 0. The molecule has 6 aliphatic rings. The molecule has 1 saturated heterocycles. The highest BCUT2D eigenvalue weighted by atomic mass is 16.4. The molecule has 0 aromatic rings. The van der Waals surface area contributed by atoms with Gasteiger partial charge in [-0.3, -0.25) is 4.79 Å². The average molecular weight is 329 g/mol. The molecule has 5 saturated carbocycles. The van der Waals surface area contributed by atoms with Gasteiger partial charge in [-0.05, 0) is 69.1 Å². The van der Waals surface area contributed by atoms with E-state index in [0.717, 1.165) is 44.9 Å². The number of nitriles is 1. The molecule has 7 atom stereocenters. The van der Waals surface area contributed by atoms with Crippen molar-refractivity contribution in [3.63, 3.8) is 0 Å². The number of likely N-dealkylation sites (tertiary alicyclic amines) is 1. The van der Waals surface area contributed by atoms with E-state index in [9.17, 15) is 20.4 Å². The van der Waals surface area contributed by atoms with Crippen molar-refractivity contribution in [3.05, 3.63) is 0 Å². The number of carbonyl (C=O) groups excluding carboxylic acids is 1. The van der Waals surface area contributed by atoms with Gasteiger partial charge in [0.25, 0.3) is 5.91 Å². The minimum atomic E-state index is -0.706. The molecular weight excluding hydrogens is 306 g/mol. The molecule has 24 heavy (non-hydrogen) atoms. The molecule has 0 spiro atoms. The maximum atomic E-state index is 13.2. The molecule has 6 nitrogen and oxygen atoms in total. The first-order valence-electron chi connectivity index (χ1n) is 9.14. The van der Waals surface area contributed by atoms with Crippen LogP contribution in [0, 0.1) is 34.5 Å². The Morgan fingerprint density at radius 2 is 1.88 bits per heavy atom. The SMILES string of the molecule is N#C[C@@H]1C[C@@H]2C[C@@H]2N1C(=O)C(=NO)C12C[C@@H]3C[C@@H](CC(O)(C3)C1)C2. The molecule has 0 aromatic carbocycles. The molecule has 0 aromatic heterocycles. The zero-order valence-electron chi connectivity index (χ0n) is 13.7. The highest BCUT2D eigenvalue weighted by Crippen LogP contribution is 2.62. The maximum absolute atomic E-state index is 13.2. The van der Waals surface area contributed by atoms with E-state index >= 15 is 0 Å². The molecule has 1 heterocycles. The second-order valence-electron chi connectivity index (χ2n) is 9.07. The molecule has 5 aliphatic carbocycles. The van der Waals surface area contributed by atoms with Gasteiger partial charge < -0.3 is 15.2 Å². The van der Waals surface area contributed by atoms with Crippen LogP contribution in [0.15, 0.2) is 5.16 Å². The number of nitrogens with zero attached hydrogens (tertiary/aromatic N) is 3. The van der Waals surface area contributed by atoms with Crippen LogP contribution in [0.3, 0.4) is 0 Å². The van der Waals surface area contributed by atoms with E-state index in [1.54, 1.807) is 4.90 Å². The predicted molar refractivity (Wildman–Crippen MR) is 84.0 cm³/mol. The minimum absolute atomic E-state index is 0.149. The molecule has 6 rings (SSSR count). The second-order valence-corrected chi connectivity index (χ2v) is 9.07. The number of piperidine rings is 1. The third-order valence-electron chi connectivity index (χ3n) is 7.32. The molecule has 1 aliphatic heterocycles. The molecule has 1 amide bonds. The van der Waals surface area contributed by atoms with Crippen LogP contribution in [0.25, 0.3) is 0 Å². The summed E-state index contributed by atoms with van der Waals surface area (Å²) in [5, 5.41) is 33.5. The van der Waals surface area contributed by atoms with Crippen molar-refractivity contribution in [2.75, 3.05) is 0 Å². The van der Waals surface area contributed by atoms with E-state index in [1.165, 1.54) is 0 Å². The first-order valence-corrected chi connectivity index (χ1v) is 9.14. The molecule has 2 N–H and O–H groups in total. The molecular formula is C18H23N3O3. The third kappa shape index (κ3) is 1.85. The zero-order chi connectivity index (χ0) is 16.7. The number of hydrogen-bond donors (Lipinski definition) is 2. The zero-order valence-corrected chi connectivity index (χ0v) is 13.7. The molecule has 0 radical (unpaired) electrons. The van der Waals surface area contributed by atoms with E-state index in [4.69, 9.17) is 0 Å². The Morgan fingerprint density at radius 3 is 2.46 bits per heavy atom. The van der Waals surface area contributed by atoms with E-state index in [-0.39, 0.29) is 17.7 Å². The molecule has 6 fully saturated rings. The van der Waals surface area contributed by atoms with Crippen molar-refractivity contribution in [2.45, 2.75) is 69.1 Å². The van der Waals surface area contributed by atoms with Crippen molar-refractivity contribution in [3.8, 4) is 6.07 Å². The van der Waals surface area contributed by atoms with E-state index in [0.29, 0.717) is 24.2 Å². The lowest BCUT2D eigenvalue weighted by atomic mass is 9.46. The normalized spacial score (nSPS) is 51.4. The number of oxime groups is 1. The van der Waals surface area contributed by atoms with Gasteiger partial charge in [-0.2, -0.15) is 5.26 Å². The summed E-state index contributed by atoms with van der Waals surface area (Å²) in [5.41, 5.74) is -0.998. The van der Waals surface area contributed by atoms with Crippen molar-refractivity contribution in [1.29, 1.82) is 5.26 Å². The van der Waals surface area contributed by atoms with Crippen LogP contribution in [-0.2, 0) is 4.79 Å². The lowest BCUT2D eigenvalue weighted by Gasteiger charge is -2.60. The van der Waals surface area contributed by atoms with Crippen molar-refractivity contribution in [2.24, 2.45) is 28.3 Å². The van der Waals surface area contributed by atoms with Gasteiger partial charge in [0.1, 0.15) is 6.04 Å². The summed E-state index contributed by atoms with van der Waals surface area (Å²) in [6.07, 6.45) is 6.63. The first kappa shape index (κ1) is 14.7. The van der Waals surface area contributed by atoms with Gasteiger partial charge >= 0.3 is 0 Å². The summed E-state index contributed by atoms with van der Waals surface area (Å²) in [4.78, 5) is 14.9. The Morgan fingerprint density at radius 1 is 1.17 bits per heavy atom. The van der Waals surface area contributed by atoms with Gasteiger partial charge in [0.05, 0.1) is 11.7 Å². The Kier molecular flexibility index (Phi) is 2.77. The molecule has 2 unspecified atom stereocenters. The monoisotopic (exact) mass is 329 g/mol. The summed E-state index contributed by atoms with van der Waals surface area (Å²) in [5.74, 6) is 1.01. The van der Waals surface area contributed by atoms with Gasteiger partial charge in [-0.25, -0.2) is 0 Å². The average Bonchev–Trinajstić information content (AvgIpc) is 3.15. The number of hydrogen-bond acceptors (Lipinski definition) is 5. The minimum Gasteiger partial charge on any atom is -0.410 e. The number of amides is 1. The fourth-order valence-corrected chi connectivity index (χ4v) is 6.85. The lowest BCUT2D eigenvalue weighted by molar-refractivity contribution is -0.146. The van der Waals surface area contributed by atoms with Crippen LogP contribution in [0.5, 0.6) is 0 Å². The molecule has 4 bridgehead atoms. The van der Waals surface area contributed by atoms with E-state index in [1.807, 2.05) is 0 Å². The molecule has 6 heteroatoms. The number of fused-ring (bicyclic) bond motifs is 1. The van der Waals surface area contributed by atoms with Gasteiger partial charge in [-0.15, -0.1) is 0 Å². The predicted octanol–water partition coefficient (Wildman–Crippen LogP) is 1.66. The van der Waals surface area contributed by atoms with Crippen LogP contribution in [-0.4, -0.2) is 44.5 Å². The summed E-state index contributed by atoms with van der Waals surface area (Å²) in [6, 6.07) is 1.99. The van der Waals surface area contributed by atoms with E-state index in [2.05, 4.69) is 11.2 Å². The molecule has 128 valence electrons. The largest absolute Gasteiger partial charge is 0.410 e. The van der Waals surface area contributed by atoms with Crippen LogP contribution < -0.4 is 0 Å².